The van der Waals surface area contributed by atoms with E-state index in [1.807, 2.05) is 30.5 Å². The molecule has 2 rings (SSSR count). The number of aromatic nitrogens is 1. The molecule has 1 amide bonds. The molecule has 0 radical (unpaired) electrons. The van der Waals surface area contributed by atoms with Crippen molar-refractivity contribution in [1.29, 1.82) is 0 Å². The Balaban J connectivity index is 2.03. The Hall–Kier alpha value is -1.72. The number of amides is 1. The van der Waals surface area contributed by atoms with E-state index in [9.17, 15) is 4.79 Å². The van der Waals surface area contributed by atoms with Crippen molar-refractivity contribution in [1.82, 2.24) is 4.98 Å². The van der Waals surface area contributed by atoms with Crippen molar-refractivity contribution in [3.8, 4) is 11.3 Å². The molecular weight excluding hydrogens is 270 g/mol. The second-order valence-electron chi connectivity index (χ2n) is 4.92. The van der Waals surface area contributed by atoms with Crippen LogP contribution in [-0.4, -0.2) is 16.9 Å². The summed E-state index contributed by atoms with van der Waals surface area (Å²) >= 11 is 1.44. The Morgan fingerprint density at radius 1 is 1.45 bits per heavy atom. The lowest BCUT2D eigenvalue weighted by molar-refractivity contribution is -0.116. The minimum absolute atomic E-state index is 0.0343. The van der Waals surface area contributed by atoms with Crippen LogP contribution in [0.3, 0.4) is 0 Å². The molecule has 20 heavy (non-hydrogen) atoms. The van der Waals surface area contributed by atoms with Gasteiger partial charge in [-0.2, -0.15) is 0 Å². The van der Waals surface area contributed by atoms with Crippen LogP contribution in [0.5, 0.6) is 0 Å². The van der Waals surface area contributed by atoms with Crippen molar-refractivity contribution < 1.29 is 4.79 Å². The Kier molecular flexibility index (Phi) is 4.87. The first-order valence-electron chi connectivity index (χ1n) is 6.63. The number of hydrogen-bond donors (Lipinski definition) is 2. The van der Waals surface area contributed by atoms with E-state index in [2.05, 4.69) is 23.3 Å². The third-order valence-corrected chi connectivity index (χ3v) is 3.76. The van der Waals surface area contributed by atoms with Crippen LogP contribution < -0.4 is 11.1 Å². The first-order chi connectivity index (χ1) is 9.56. The highest BCUT2D eigenvalue weighted by molar-refractivity contribution is 7.14. The molecule has 5 heteroatoms. The fourth-order valence-corrected chi connectivity index (χ4v) is 2.58. The summed E-state index contributed by atoms with van der Waals surface area (Å²) in [5.74, 6) is -0.0343. The van der Waals surface area contributed by atoms with Gasteiger partial charge in [0.25, 0.3) is 0 Å². The van der Waals surface area contributed by atoms with Crippen LogP contribution in [0.4, 0.5) is 5.13 Å². The monoisotopic (exact) mass is 289 g/mol. The fraction of sp³-hybridized carbons (Fsp3) is 0.333. The first kappa shape index (κ1) is 14.7. The predicted molar refractivity (Wildman–Crippen MR) is 83.8 cm³/mol. The highest BCUT2D eigenvalue weighted by atomic mass is 32.1. The lowest BCUT2D eigenvalue weighted by Crippen LogP contribution is -2.19. The number of nitrogens with two attached hydrogens (primary N) is 1. The van der Waals surface area contributed by atoms with Crippen molar-refractivity contribution >= 4 is 22.4 Å². The summed E-state index contributed by atoms with van der Waals surface area (Å²) < 4.78 is 0. The van der Waals surface area contributed by atoms with Gasteiger partial charge in [-0.05, 0) is 25.8 Å². The van der Waals surface area contributed by atoms with Gasteiger partial charge in [0.1, 0.15) is 0 Å². The third-order valence-electron chi connectivity index (χ3n) is 3.00. The molecular formula is C15H19N3OS. The molecule has 0 saturated carbocycles. The zero-order valence-electron chi connectivity index (χ0n) is 11.7. The van der Waals surface area contributed by atoms with Crippen LogP contribution in [0.1, 0.15) is 25.3 Å². The molecule has 1 aromatic carbocycles. The zero-order chi connectivity index (χ0) is 14.5. The van der Waals surface area contributed by atoms with Gasteiger partial charge in [0.2, 0.25) is 5.91 Å². The maximum Gasteiger partial charge on any atom is 0.226 e. The first-order valence-corrected chi connectivity index (χ1v) is 7.51. The lowest BCUT2D eigenvalue weighted by atomic mass is 10.1. The highest BCUT2D eigenvalue weighted by Gasteiger charge is 2.09. The van der Waals surface area contributed by atoms with Gasteiger partial charge in [-0.3, -0.25) is 4.79 Å². The SMILES string of the molecule is Cc1ccccc1-c1csc(NC(=O)CCC(C)N)n1. The molecule has 0 aliphatic carbocycles. The molecule has 3 N–H and O–H groups in total. The minimum Gasteiger partial charge on any atom is -0.328 e. The van der Waals surface area contributed by atoms with Crippen LogP contribution in [0.15, 0.2) is 29.6 Å². The smallest absolute Gasteiger partial charge is 0.226 e. The van der Waals surface area contributed by atoms with Gasteiger partial charge in [0.15, 0.2) is 5.13 Å². The standard InChI is InChI=1S/C15H19N3OS/c1-10-5-3-4-6-12(10)13-9-20-15(17-13)18-14(19)8-7-11(2)16/h3-6,9,11H,7-8,16H2,1-2H3,(H,17,18,19). The molecule has 4 nitrogen and oxygen atoms in total. The molecule has 1 aromatic heterocycles. The molecule has 1 unspecified atom stereocenters. The van der Waals surface area contributed by atoms with Gasteiger partial charge in [0, 0.05) is 23.4 Å². The highest BCUT2D eigenvalue weighted by Crippen LogP contribution is 2.27. The molecule has 1 atom stereocenters. The fourth-order valence-electron chi connectivity index (χ4n) is 1.86. The van der Waals surface area contributed by atoms with Crippen molar-refractivity contribution in [2.75, 3.05) is 5.32 Å². The number of thiazole rings is 1. The summed E-state index contributed by atoms with van der Waals surface area (Å²) in [5, 5.41) is 5.42. The van der Waals surface area contributed by atoms with E-state index in [0.717, 1.165) is 11.3 Å². The second kappa shape index (κ2) is 6.63. The molecule has 0 fully saturated rings. The Labute approximate surface area is 123 Å². The molecule has 0 aliphatic heterocycles. The van der Waals surface area contributed by atoms with Gasteiger partial charge >= 0.3 is 0 Å². The largest absolute Gasteiger partial charge is 0.328 e. The quantitative estimate of drug-likeness (QED) is 0.888. The Morgan fingerprint density at radius 2 is 2.20 bits per heavy atom. The van der Waals surface area contributed by atoms with Gasteiger partial charge in [-0.15, -0.1) is 11.3 Å². The summed E-state index contributed by atoms with van der Waals surface area (Å²) in [6, 6.07) is 8.12. The van der Waals surface area contributed by atoms with Crippen molar-refractivity contribution in [3.63, 3.8) is 0 Å². The van der Waals surface area contributed by atoms with Crippen LogP contribution >= 0.6 is 11.3 Å². The van der Waals surface area contributed by atoms with Crippen LogP contribution in [0.2, 0.25) is 0 Å². The summed E-state index contributed by atoms with van der Waals surface area (Å²) in [6.07, 6.45) is 1.11. The van der Waals surface area contributed by atoms with Crippen LogP contribution in [-0.2, 0) is 4.79 Å². The van der Waals surface area contributed by atoms with E-state index in [0.29, 0.717) is 18.0 Å². The molecule has 0 saturated heterocycles. The lowest BCUT2D eigenvalue weighted by Gasteiger charge is -2.04. The van der Waals surface area contributed by atoms with Crippen molar-refractivity contribution in [3.05, 3.63) is 35.2 Å². The Morgan fingerprint density at radius 3 is 2.90 bits per heavy atom. The van der Waals surface area contributed by atoms with E-state index in [1.54, 1.807) is 0 Å². The van der Waals surface area contributed by atoms with E-state index in [-0.39, 0.29) is 11.9 Å². The van der Waals surface area contributed by atoms with Gasteiger partial charge in [-0.25, -0.2) is 4.98 Å². The molecule has 0 spiro atoms. The van der Waals surface area contributed by atoms with E-state index in [1.165, 1.54) is 16.9 Å². The molecule has 106 valence electrons. The predicted octanol–water partition coefficient (Wildman–Crippen LogP) is 3.18. The summed E-state index contributed by atoms with van der Waals surface area (Å²) in [4.78, 5) is 16.2. The number of nitrogens with one attached hydrogen (secondary N) is 1. The zero-order valence-corrected chi connectivity index (χ0v) is 12.5. The minimum atomic E-state index is -0.0343. The number of carbonyl (C=O) groups excluding carboxylic acids is 1. The number of benzene rings is 1. The van der Waals surface area contributed by atoms with E-state index >= 15 is 0 Å². The van der Waals surface area contributed by atoms with E-state index in [4.69, 9.17) is 5.73 Å². The van der Waals surface area contributed by atoms with Crippen LogP contribution in [0, 0.1) is 6.92 Å². The summed E-state index contributed by atoms with van der Waals surface area (Å²) in [6.45, 7) is 3.95. The van der Waals surface area contributed by atoms with E-state index < -0.39 is 0 Å². The molecule has 0 bridgehead atoms. The number of carbonyl (C=O) groups is 1. The topological polar surface area (TPSA) is 68.0 Å². The summed E-state index contributed by atoms with van der Waals surface area (Å²) in [7, 11) is 0. The Bertz CT molecular complexity index is 592. The average molecular weight is 289 g/mol. The van der Waals surface area contributed by atoms with Gasteiger partial charge < -0.3 is 11.1 Å². The van der Waals surface area contributed by atoms with Gasteiger partial charge in [0.05, 0.1) is 5.69 Å². The number of anilines is 1. The maximum absolute atomic E-state index is 11.7. The molecule has 1 heterocycles. The van der Waals surface area contributed by atoms with Crippen LogP contribution in [0.25, 0.3) is 11.3 Å². The second-order valence-corrected chi connectivity index (χ2v) is 5.78. The number of hydrogen-bond acceptors (Lipinski definition) is 4. The van der Waals surface area contributed by atoms with Crippen molar-refractivity contribution in [2.45, 2.75) is 32.7 Å². The summed E-state index contributed by atoms with van der Waals surface area (Å²) in [5.41, 5.74) is 8.81. The van der Waals surface area contributed by atoms with Gasteiger partial charge in [-0.1, -0.05) is 24.3 Å². The number of aryl methyl sites for hydroxylation is 1. The molecule has 2 aromatic rings. The normalized spacial score (nSPS) is 12.2. The maximum atomic E-state index is 11.7. The van der Waals surface area contributed by atoms with Crippen molar-refractivity contribution in [2.24, 2.45) is 5.73 Å². The average Bonchev–Trinajstić information content (AvgIpc) is 2.85. The number of rotatable bonds is 5. The third kappa shape index (κ3) is 3.88. The number of nitrogens with zero attached hydrogens (tertiary/aromatic N) is 1. The molecule has 0 aliphatic rings.